The second-order valence-electron chi connectivity index (χ2n) is 5.38. The number of benzene rings is 3. The third kappa shape index (κ3) is 2.90. The van der Waals surface area contributed by atoms with Crippen LogP contribution in [0.25, 0.3) is 16.8 Å². The molecule has 0 N–H and O–H groups in total. The quantitative estimate of drug-likeness (QED) is 0.390. The van der Waals surface area contributed by atoms with Crippen LogP contribution in [0.5, 0.6) is 0 Å². The molecule has 0 spiro atoms. The molecule has 0 heterocycles. The van der Waals surface area contributed by atoms with Crippen LogP contribution in [0.2, 0.25) is 0 Å². The third-order valence-corrected chi connectivity index (χ3v) is 3.88. The SMILES string of the molecule is Cc1ccccc1C(=O)/C(C#N)=C/c1cccc2ccccc12. The maximum Gasteiger partial charge on any atom is 0.203 e. The summed E-state index contributed by atoms with van der Waals surface area (Å²) in [5, 5.41) is 11.6. The first-order valence-corrected chi connectivity index (χ1v) is 7.40. The summed E-state index contributed by atoms with van der Waals surface area (Å²) in [6.07, 6.45) is 1.68. The van der Waals surface area contributed by atoms with Gasteiger partial charge in [-0.3, -0.25) is 4.79 Å². The van der Waals surface area contributed by atoms with Crippen molar-refractivity contribution in [1.29, 1.82) is 5.26 Å². The molecule has 110 valence electrons. The average Bonchev–Trinajstić information content (AvgIpc) is 2.59. The Labute approximate surface area is 135 Å². The van der Waals surface area contributed by atoms with Gasteiger partial charge in [-0.05, 0) is 34.9 Å². The number of nitrogens with zero attached hydrogens (tertiary/aromatic N) is 1. The molecule has 3 rings (SSSR count). The number of nitriles is 1. The van der Waals surface area contributed by atoms with E-state index in [1.54, 1.807) is 12.1 Å². The second-order valence-corrected chi connectivity index (χ2v) is 5.38. The summed E-state index contributed by atoms with van der Waals surface area (Å²) in [5.41, 5.74) is 2.47. The van der Waals surface area contributed by atoms with E-state index in [9.17, 15) is 10.1 Å². The topological polar surface area (TPSA) is 40.9 Å². The van der Waals surface area contributed by atoms with Gasteiger partial charge in [0, 0.05) is 5.56 Å². The Morgan fingerprint density at radius 2 is 1.65 bits per heavy atom. The molecule has 0 saturated heterocycles. The smallest absolute Gasteiger partial charge is 0.203 e. The minimum absolute atomic E-state index is 0.149. The molecule has 23 heavy (non-hydrogen) atoms. The van der Waals surface area contributed by atoms with Gasteiger partial charge < -0.3 is 0 Å². The maximum atomic E-state index is 12.6. The van der Waals surface area contributed by atoms with E-state index in [0.717, 1.165) is 21.9 Å². The van der Waals surface area contributed by atoms with Crippen molar-refractivity contribution in [2.45, 2.75) is 6.92 Å². The van der Waals surface area contributed by atoms with E-state index in [2.05, 4.69) is 6.07 Å². The lowest BCUT2D eigenvalue weighted by molar-refractivity contribution is 0.103. The van der Waals surface area contributed by atoms with Crippen molar-refractivity contribution in [3.63, 3.8) is 0 Å². The molecule has 3 aromatic carbocycles. The fourth-order valence-corrected chi connectivity index (χ4v) is 2.65. The second kappa shape index (κ2) is 6.29. The monoisotopic (exact) mass is 297 g/mol. The molecule has 0 unspecified atom stereocenters. The molecule has 0 saturated carbocycles. The first-order valence-electron chi connectivity index (χ1n) is 7.40. The largest absolute Gasteiger partial charge is 0.288 e. The van der Waals surface area contributed by atoms with Crippen molar-refractivity contribution in [3.8, 4) is 6.07 Å². The van der Waals surface area contributed by atoms with Gasteiger partial charge >= 0.3 is 0 Å². The van der Waals surface area contributed by atoms with Crippen LogP contribution in [0, 0.1) is 18.3 Å². The Kier molecular flexibility index (Phi) is 4.03. The van der Waals surface area contributed by atoms with E-state index in [0.29, 0.717) is 5.56 Å². The number of rotatable bonds is 3. The highest BCUT2D eigenvalue weighted by atomic mass is 16.1. The Bertz CT molecular complexity index is 955. The van der Waals surface area contributed by atoms with Crippen LogP contribution in [0.15, 0.2) is 72.3 Å². The summed E-state index contributed by atoms with van der Waals surface area (Å²) in [4.78, 5) is 12.6. The molecular formula is C21H15NO. The van der Waals surface area contributed by atoms with Crippen LogP contribution in [0.4, 0.5) is 0 Å². The van der Waals surface area contributed by atoms with Crippen molar-refractivity contribution in [1.82, 2.24) is 0 Å². The molecule has 2 nitrogen and oxygen atoms in total. The van der Waals surface area contributed by atoms with Gasteiger partial charge in [0.2, 0.25) is 5.78 Å². The number of hydrogen-bond acceptors (Lipinski definition) is 2. The molecule has 0 aliphatic heterocycles. The summed E-state index contributed by atoms with van der Waals surface area (Å²) in [6.45, 7) is 1.88. The number of ketones is 1. The number of hydrogen-bond donors (Lipinski definition) is 0. The fraction of sp³-hybridized carbons (Fsp3) is 0.0476. The van der Waals surface area contributed by atoms with Crippen molar-refractivity contribution in [2.24, 2.45) is 0 Å². The van der Waals surface area contributed by atoms with Crippen LogP contribution >= 0.6 is 0 Å². The molecular weight excluding hydrogens is 282 g/mol. The lowest BCUT2D eigenvalue weighted by Crippen LogP contribution is -2.04. The molecule has 0 atom stereocenters. The van der Waals surface area contributed by atoms with Gasteiger partial charge in [-0.15, -0.1) is 0 Å². The number of Topliss-reactive ketones (excluding diaryl/α,β-unsaturated/α-hetero) is 1. The number of carbonyl (C=O) groups excluding carboxylic acids is 1. The molecule has 0 bridgehead atoms. The lowest BCUT2D eigenvalue weighted by atomic mass is 9.96. The van der Waals surface area contributed by atoms with E-state index in [4.69, 9.17) is 0 Å². The average molecular weight is 297 g/mol. The summed E-state index contributed by atoms with van der Waals surface area (Å²) in [6, 6.07) is 23.2. The predicted octanol–water partition coefficient (Wildman–Crippen LogP) is 4.94. The summed E-state index contributed by atoms with van der Waals surface area (Å²) in [7, 11) is 0. The molecule has 0 aliphatic rings. The van der Waals surface area contributed by atoms with Crippen LogP contribution in [-0.2, 0) is 0 Å². The Morgan fingerprint density at radius 1 is 0.957 bits per heavy atom. The van der Waals surface area contributed by atoms with Gasteiger partial charge in [0.05, 0.1) is 0 Å². The van der Waals surface area contributed by atoms with Crippen LogP contribution in [0.3, 0.4) is 0 Å². The third-order valence-electron chi connectivity index (χ3n) is 3.88. The first kappa shape index (κ1) is 14.7. The molecule has 0 radical (unpaired) electrons. The van der Waals surface area contributed by atoms with Gasteiger partial charge in [0.15, 0.2) is 0 Å². The highest BCUT2D eigenvalue weighted by Gasteiger charge is 2.14. The Balaban J connectivity index is 2.10. The number of aryl methyl sites for hydroxylation is 1. The van der Waals surface area contributed by atoms with Gasteiger partial charge in [0.25, 0.3) is 0 Å². The molecule has 0 aromatic heterocycles. The van der Waals surface area contributed by atoms with Crippen LogP contribution < -0.4 is 0 Å². The number of allylic oxidation sites excluding steroid dienone is 1. The fourth-order valence-electron chi connectivity index (χ4n) is 2.65. The number of fused-ring (bicyclic) bond motifs is 1. The number of carbonyl (C=O) groups is 1. The zero-order chi connectivity index (χ0) is 16.2. The first-order chi connectivity index (χ1) is 11.2. The normalized spacial score (nSPS) is 11.2. The van der Waals surface area contributed by atoms with Crippen molar-refractivity contribution < 1.29 is 4.79 Å². The van der Waals surface area contributed by atoms with E-state index < -0.39 is 0 Å². The molecule has 0 aliphatic carbocycles. The van der Waals surface area contributed by atoms with E-state index >= 15 is 0 Å². The Morgan fingerprint density at radius 3 is 2.43 bits per heavy atom. The standard InChI is InChI=1S/C21H15NO/c1-15-7-2-4-11-19(15)21(23)18(14-22)13-17-10-6-9-16-8-3-5-12-20(16)17/h2-13H,1H3/b18-13+. The predicted molar refractivity (Wildman–Crippen MR) is 93.0 cm³/mol. The van der Waals surface area contributed by atoms with Gasteiger partial charge in [0.1, 0.15) is 11.6 Å². The van der Waals surface area contributed by atoms with E-state index in [1.807, 2.05) is 67.6 Å². The van der Waals surface area contributed by atoms with Crippen molar-refractivity contribution in [3.05, 3.63) is 89.0 Å². The summed E-state index contributed by atoms with van der Waals surface area (Å²) >= 11 is 0. The molecule has 0 amide bonds. The van der Waals surface area contributed by atoms with E-state index in [-0.39, 0.29) is 11.4 Å². The minimum atomic E-state index is -0.237. The molecule has 2 heteroatoms. The van der Waals surface area contributed by atoms with Crippen molar-refractivity contribution in [2.75, 3.05) is 0 Å². The molecule has 3 aromatic rings. The summed E-state index contributed by atoms with van der Waals surface area (Å²) in [5.74, 6) is -0.237. The van der Waals surface area contributed by atoms with E-state index in [1.165, 1.54) is 0 Å². The van der Waals surface area contributed by atoms with Crippen LogP contribution in [0.1, 0.15) is 21.5 Å². The highest BCUT2D eigenvalue weighted by Crippen LogP contribution is 2.22. The zero-order valence-corrected chi connectivity index (χ0v) is 12.8. The van der Waals surface area contributed by atoms with Crippen LogP contribution in [-0.4, -0.2) is 5.78 Å². The van der Waals surface area contributed by atoms with Crippen molar-refractivity contribution >= 4 is 22.6 Å². The maximum absolute atomic E-state index is 12.6. The zero-order valence-electron chi connectivity index (χ0n) is 12.8. The molecule has 0 fully saturated rings. The van der Waals surface area contributed by atoms with Gasteiger partial charge in [-0.1, -0.05) is 66.7 Å². The highest BCUT2D eigenvalue weighted by molar-refractivity contribution is 6.15. The van der Waals surface area contributed by atoms with Gasteiger partial charge in [-0.2, -0.15) is 5.26 Å². The van der Waals surface area contributed by atoms with Gasteiger partial charge in [-0.25, -0.2) is 0 Å². The minimum Gasteiger partial charge on any atom is -0.288 e. The Hall–Kier alpha value is -3.18. The lowest BCUT2D eigenvalue weighted by Gasteiger charge is -2.05. The summed E-state index contributed by atoms with van der Waals surface area (Å²) < 4.78 is 0.